The van der Waals surface area contributed by atoms with Crippen LogP contribution in [0.1, 0.15) is 23.1 Å². The molecule has 1 unspecified atom stereocenters. The molecule has 1 aromatic rings. The summed E-state index contributed by atoms with van der Waals surface area (Å²) in [6.07, 6.45) is 0.261. The molecule has 4 nitrogen and oxygen atoms in total. The first kappa shape index (κ1) is 15.3. The summed E-state index contributed by atoms with van der Waals surface area (Å²) in [5, 5.41) is 0. The van der Waals surface area contributed by atoms with Crippen LogP contribution in [-0.4, -0.2) is 31.5 Å². The lowest BCUT2D eigenvalue weighted by atomic mass is 10.1. The summed E-state index contributed by atoms with van der Waals surface area (Å²) in [5.74, 6) is -0.339. The molecule has 1 aliphatic heterocycles. The predicted octanol–water partition coefficient (Wildman–Crippen LogP) is 2.22. The molecule has 20 heavy (non-hydrogen) atoms. The molecular weight excluding hydrogens is 298 g/mol. The van der Waals surface area contributed by atoms with Gasteiger partial charge >= 0.3 is 0 Å². The Kier molecular flexibility index (Phi) is 4.39. The fraction of sp³-hybridized carbons (Fsp3) is 0.500. The molecule has 1 saturated heterocycles. The van der Waals surface area contributed by atoms with Crippen LogP contribution in [0.5, 0.6) is 0 Å². The van der Waals surface area contributed by atoms with Crippen molar-refractivity contribution in [1.82, 2.24) is 4.90 Å². The molecule has 1 fully saturated rings. The van der Waals surface area contributed by atoms with E-state index >= 15 is 0 Å². The molecule has 1 atom stereocenters. The van der Waals surface area contributed by atoms with Gasteiger partial charge in [0.25, 0.3) is 0 Å². The van der Waals surface area contributed by atoms with E-state index in [0.29, 0.717) is 13.1 Å². The Morgan fingerprint density at radius 3 is 2.40 bits per heavy atom. The number of rotatable bonds is 4. The second-order valence-electron chi connectivity index (χ2n) is 5.55. The molecule has 6 heteroatoms. The molecule has 0 bridgehead atoms. The van der Waals surface area contributed by atoms with Gasteiger partial charge in [0, 0.05) is 36.1 Å². The SMILES string of the molecule is Cc1cc(C)cc(CN2CC(CS(=O)(=O)Cl)CC2=O)c1. The number of likely N-dealkylation sites (tertiary alicyclic amines) is 1. The monoisotopic (exact) mass is 315 g/mol. The molecule has 1 heterocycles. The lowest BCUT2D eigenvalue weighted by Gasteiger charge is -2.17. The van der Waals surface area contributed by atoms with Gasteiger partial charge in [0.05, 0.1) is 5.75 Å². The molecule has 0 aliphatic carbocycles. The third-order valence-electron chi connectivity index (χ3n) is 3.38. The lowest BCUT2D eigenvalue weighted by molar-refractivity contribution is -0.128. The van der Waals surface area contributed by atoms with E-state index < -0.39 is 9.05 Å². The fourth-order valence-corrected chi connectivity index (χ4v) is 4.10. The van der Waals surface area contributed by atoms with Crippen molar-refractivity contribution in [3.05, 3.63) is 34.9 Å². The third-order valence-corrected chi connectivity index (χ3v) is 4.63. The maximum atomic E-state index is 11.9. The fourth-order valence-electron chi connectivity index (χ4n) is 2.78. The maximum Gasteiger partial charge on any atom is 0.232 e. The number of hydrogen-bond acceptors (Lipinski definition) is 3. The highest BCUT2D eigenvalue weighted by molar-refractivity contribution is 8.13. The van der Waals surface area contributed by atoms with Crippen LogP contribution in [0.4, 0.5) is 0 Å². The van der Waals surface area contributed by atoms with Crippen molar-refractivity contribution in [2.75, 3.05) is 12.3 Å². The van der Waals surface area contributed by atoms with E-state index in [9.17, 15) is 13.2 Å². The van der Waals surface area contributed by atoms with Gasteiger partial charge in [-0.25, -0.2) is 8.42 Å². The number of nitrogens with zero attached hydrogens (tertiary/aromatic N) is 1. The van der Waals surface area contributed by atoms with Gasteiger partial charge in [0.2, 0.25) is 15.0 Å². The summed E-state index contributed by atoms with van der Waals surface area (Å²) in [4.78, 5) is 13.6. The van der Waals surface area contributed by atoms with E-state index in [2.05, 4.69) is 6.07 Å². The first-order chi connectivity index (χ1) is 9.23. The van der Waals surface area contributed by atoms with Gasteiger partial charge in [-0.2, -0.15) is 0 Å². The summed E-state index contributed by atoms with van der Waals surface area (Å²) in [6.45, 7) is 5.02. The Balaban J connectivity index is 2.05. The minimum Gasteiger partial charge on any atom is -0.338 e. The zero-order valence-corrected chi connectivity index (χ0v) is 13.2. The summed E-state index contributed by atoms with van der Waals surface area (Å²) >= 11 is 0. The number of amides is 1. The van der Waals surface area contributed by atoms with E-state index in [-0.39, 0.29) is 24.0 Å². The van der Waals surface area contributed by atoms with Crippen molar-refractivity contribution in [3.8, 4) is 0 Å². The van der Waals surface area contributed by atoms with Crippen LogP contribution in [0.25, 0.3) is 0 Å². The molecule has 0 spiro atoms. The molecule has 0 saturated carbocycles. The van der Waals surface area contributed by atoms with Crippen molar-refractivity contribution >= 4 is 25.6 Å². The van der Waals surface area contributed by atoms with Crippen LogP contribution in [0.15, 0.2) is 18.2 Å². The second kappa shape index (κ2) is 5.74. The molecule has 1 aliphatic rings. The smallest absolute Gasteiger partial charge is 0.232 e. The molecular formula is C14H18ClNO3S. The number of carbonyl (C=O) groups excluding carboxylic acids is 1. The van der Waals surface area contributed by atoms with E-state index in [0.717, 1.165) is 16.7 Å². The quantitative estimate of drug-likeness (QED) is 0.801. The van der Waals surface area contributed by atoms with Crippen LogP contribution in [0.2, 0.25) is 0 Å². The van der Waals surface area contributed by atoms with Crippen molar-refractivity contribution in [2.24, 2.45) is 5.92 Å². The zero-order chi connectivity index (χ0) is 14.9. The molecule has 0 aromatic heterocycles. The topological polar surface area (TPSA) is 54.5 Å². The molecule has 0 N–H and O–H groups in total. The van der Waals surface area contributed by atoms with Gasteiger partial charge in [-0.1, -0.05) is 29.3 Å². The van der Waals surface area contributed by atoms with Crippen LogP contribution in [0.3, 0.4) is 0 Å². The number of carbonyl (C=O) groups is 1. The molecule has 2 rings (SSSR count). The van der Waals surface area contributed by atoms with Gasteiger partial charge in [0.15, 0.2) is 0 Å². The van der Waals surface area contributed by atoms with Crippen LogP contribution in [-0.2, 0) is 20.4 Å². The Hall–Kier alpha value is -1.07. The van der Waals surface area contributed by atoms with Crippen molar-refractivity contribution in [2.45, 2.75) is 26.8 Å². The normalized spacial score (nSPS) is 19.6. The number of halogens is 1. The molecule has 1 amide bonds. The predicted molar refractivity (Wildman–Crippen MR) is 79.1 cm³/mol. The molecule has 1 aromatic carbocycles. The van der Waals surface area contributed by atoms with Crippen molar-refractivity contribution < 1.29 is 13.2 Å². The largest absolute Gasteiger partial charge is 0.338 e. The highest BCUT2D eigenvalue weighted by Crippen LogP contribution is 2.23. The first-order valence-electron chi connectivity index (χ1n) is 6.50. The summed E-state index contributed by atoms with van der Waals surface area (Å²) in [7, 11) is 1.71. The van der Waals surface area contributed by atoms with Gasteiger partial charge < -0.3 is 4.90 Å². The number of benzene rings is 1. The van der Waals surface area contributed by atoms with E-state index in [1.807, 2.05) is 26.0 Å². The lowest BCUT2D eigenvalue weighted by Crippen LogP contribution is -2.25. The Bertz CT molecular complexity index is 607. The first-order valence-corrected chi connectivity index (χ1v) is 8.98. The highest BCUT2D eigenvalue weighted by atomic mass is 35.7. The number of aryl methyl sites for hydroxylation is 2. The van der Waals surface area contributed by atoms with Gasteiger partial charge in [0.1, 0.15) is 0 Å². The molecule has 110 valence electrons. The van der Waals surface area contributed by atoms with Crippen molar-refractivity contribution in [1.29, 1.82) is 0 Å². The average Bonchev–Trinajstić information content (AvgIpc) is 2.54. The third kappa shape index (κ3) is 4.21. The Morgan fingerprint density at radius 1 is 1.25 bits per heavy atom. The van der Waals surface area contributed by atoms with E-state index in [1.54, 1.807) is 4.90 Å². The Labute approximate surface area is 124 Å². The van der Waals surface area contributed by atoms with E-state index in [4.69, 9.17) is 10.7 Å². The zero-order valence-electron chi connectivity index (χ0n) is 11.6. The standard InChI is InChI=1S/C14H18ClNO3S/c1-10-3-11(2)5-12(4-10)7-16-8-13(6-14(16)17)9-20(15,18)19/h3-5,13H,6-9H2,1-2H3. The number of hydrogen-bond donors (Lipinski definition) is 0. The van der Waals surface area contributed by atoms with Crippen LogP contribution in [0, 0.1) is 19.8 Å². The molecule has 0 radical (unpaired) electrons. The summed E-state index contributed by atoms with van der Waals surface area (Å²) in [5.41, 5.74) is 3.39. The van der Waals surface area contributed by atoms with Gasteiger partial charge in [-0.3, -0.25) is 4.79 Å². The van der Waals surface area contributed by atoms with Crippen molar-refractivity contribution in [3.63, 3.8) is 0 Å². The van der Waals surface area contributed by atoms with E-state index in [1.165, 1.54) is 0 Å². The minimum atomic E-state index is -3.55. The summed E-state index contributed by atoms with van der Waals surface area (Å²) in [6, 6.07) is 6.18. The minimum absolute atomic E-state index is 0.00511. The maximum absolute atomic E-state index is 11.9. The summed E-state index contributed by atoms with van der Waals surface area (Å²) < 4.78 is 22.2. The Morgan fingerprint density at radius 2 is 1.85 bits per heavy atom. The average molecular weight is 316 g/mol. The second-order valence-corrected chi connectivity index (χ2v) is 8.37. The van der Waals surface area contributed by atoms with Gasteiger partial charge in [-0.15, -0.1) is 0 Å². The highest BCUT2D eigenvalue weighted by Gasteiger charge is 2.32. The van der Waals surface area contributed by atoms with Crippen LogP contribution < -0.4 is 0 Å². The van der Waals surface area contributed by atoms with Gasteiger partial charge in [-0.05, 0) is 19.4 Å². The van der Waals surface area contributed by atoms with Crippen LogP contribution >= 0.6 is 10.7 Å².